The van der Waals surface area contributed by atoms with Gasteiger partial charge in [-0.3, -0.25) is 0 Å². The maximum Gasteiger partial charge on any atom is 0.119 e. The standard InChI is InChI=1S/C16H20O2/c1-11(2)8-16(17)14-5-4-13-10-15(18-3)7-6-12(13)9-14/h4-7,9-11,16-17H,8H2,1-3H3. The second-order valence-electron chi connectivity index (χ2n) is 5.12. The molecule has 0 saturated carbocycles. The summed E-state index contributed by atoms with van der Waals surface area (Å²) in [6.45, 7) is 4.24. The highest BCUT2D eigenvalue weighted by Gasteiger charge is 2.10. The van der Waals surface area contributed by atoms with E-state index in [1.165, 1.54) is 0 Å². The van der Waals surface area contributed by atoms with Gasteiger partial charge in [0.2, 0.25) is 0 Å². The summed E-state index contributed by atoms with van der Waals surface area (Å²) < 4.78 is 5.20. The largest absolute Gasteiger partial charge is 0.497 e. The van der Waals surface area contributed by atoms with E-state index in [0.717, 1.165) is 28.5 Å². The van der Waals surface area contributed by atoms with Gasteiger partial charge in [-0.2, -0.15) is 0 Å². The van der Waals surface area contributed by atoms with Crippen LogP contribution < -0.4 is 4.74 Å². The van der Waals surface area contributed by atoms with Gasteiger partial charge in [0.25, 0.3) is 0 Å². The molecule has 0 saturated heterocycles. The van der Waals surface area contributed by atoms with E-state index in [4.69, 9.17) is 4.74 Å². The van der Waals surface area contributed by atoms with Gasteiger partial charge in [0.1, 0.15) is 5.75 Å². The third kappa shape index (κ3) is 2.82. The molecular formula is C16H20O2. The van der Waals surface area contributed by atoms with Crippen LogP contribution in [-0.4, -0.2) is 12.2 Å². The van der Waals surface area contributed by atoms with Crippen molar-refractivity contribution in [3.63, 3.8) is 0 Å². The molecule has 0 aliphatic heterocycles. The van der Waals surface area contributed by atoms with Gasteiger partial charge in [-0.05, 0) is 46.9 Å². The molecule has 2 nitrogen and oxygen atoms in total. The highest BCUT2D eigenvalue weighted by molar-refractivity contribution is 5.84. The minimum atomic E-state index is -0.378. The zero-order valence-electron chi connectivity index (χ0n) is 11.2. The SMILES string of the molecule is COc1ccc2cc(C(O)CC(C)C)ccc2c1. The Kier molecular flexibility index (Phi) is 3.87. The molecule has 0 amide bonds. The molecule has 18 heavy (non-hydrogen) atoms. The first-order valence-corrected chi connectivity index (χ1v) is 6.36. The van der Waals surface area contributed by atoms with Crippen molar-refractivity contribution >= 4 is 10.8 Å². The lowest BCUT2D eigenvalue weighted by molar-refractivity contribution is 0.151. The van der Waals surface area contributed by atoms with Crippen LogP contribution in [0.4, 0.5) is 0 Å². The lowest BCUT2D eigenvalue weighted by Crippen LogP contribution is -2.01. The molecule has 0 spiro atoms. The van der Waals surface area contributed by atoms with Crippen molar-refractivity contribution in [2.75, 3.05) is 7.11 Å². The summed E-state index contributed by atoms with van der Waals surface area (Å²) >= 11 is 0. The van der Waals surface area contributed by atoms with Crippen molar-refractivity contribution in [2.24, 2.45) is 5.92 Å². The van der Waals surface area contributed by atoms with Crippen molar-refractivity contribution in [3.05, 3.63) is 42.0 Å². The number of benzene rings is 2. The molecule has 2 rings (SSSR count). The fourth-order valence-corrected chi connectivity index (χ4v) is 2.16. The molecule has 2 aromatic rings. The summed E-state index contributed by atoms with van der Waals surface area (Å²) in [7, 11) is 1.67. The van der Waals surface area contributed by atoms with Gasteiger partial charge in [0, 0.05) is 0 Å². The quantitative estimate of drug-likeness (QED) is 0.883. The molecular weight excluding hydrogens is 224 g/mol. The average molecular weight is 244 g/mol. The van der Waals surface area contributed by atoms with E-state index >= 15 is 0 Å². The van der Waals surface area contributed by atoms with E-state index in [9.17, 15) is 5.11 Å². The minimum absolute atomic E-state index is 0.378. The molecule has 1 N–H and O–H groups in total. The van der Waals surface area contributed by atoms with Gasteiger partial charge < -0.3 is 9.84 Å². The smallest absolute Gasteiger partial charge is 0.119 e. The minimum Gasteiger partial charge on any atom is -0.497 e. The topological polar surface area (TPSA) is 29.5 Å². The van der Waals surface area contributed by atoms with Crippen LogP contribution in [0.25, 0.3) is 10.8 Å². The number of hydrogen-bond acceptors (Lipinski definition) is 2. The maximum atomic E-state index is 10.1. The van der Waals surface area contributed by atoms with E-state index in [1.807, 2.05) is 30.3 Å². The summed E-state index contributed by atoms with van der Waals surface area (Å²) in [6, 6.07) is 12.1. The Balaban J connectivity index is 2.33. The zero-order valence-corrected chi connectivity index (χ0v) is 11.2. The number of methoxy groups -OCH3 is 1. The number of fused-ring (bicyclic) bond motifs is 1. The van der Waals surface area contributed by atoms with E-state index in [2.05, 4.69) is 19.9 Å². The molecule has 0 aromatic heterocycles. The molecule has 2 aromatic carbocycles. The molecule has 1 unspecified atom stereocenters. The van der Waals surface area contributed by atoms with Crippen molar-refractivity contribution in [1.29, 1.82) is 0 Å². The monoisotopic (exact) mass is 244 g/mol. The molecule has 0 fully saturated rings. The Labute approximate surface area is 108 Å². The van der Waals surface area contributed by atoms with E-state index < -0.39 is 0 Å². The lowest BCUT2D eigenvalue weighted by atomic mass is 9.97. The summed E-state index contributed by atoms with van der Waals surface area (Å²) in [5.74, 6) is 1.35. The first kappa shape index (κ1) is 12.9. The molecule has 0 heterocycles. The highest BCUT2D eigenvalue weighted by Crippen LogP contribution is 2.26. The van der Waals surface area contributed by atoms with Gasteiger partial charge in [-0.1, -0.05) is 32.0 Å². The first-order chi connectivity index (χ1) is 8.60. The van der Waals surface area contributed by atoms with Crippen LogP contribution in [0.2, 0.25) is 0 Å². The van der Waals surface area contributed by atoms with Crippen LogP contribution in [0.15, 0.2) is 36.4 Å². The number of rotatable bonds is 4. The van der Waals surface area contributed by atoms with Crippen molar-refractivity contribution in [1.82, 2.24) is 0 Å². The molecule has 0 radical (unpaired) electrons. The first-order valence-electron chi connectivity index (χ1n) is 6.36. The Bertz CT molecular complexity index is 532. The van der Waals surface area contributed by atoms with Gasteiger partial charge in [-0.15, -0.1) is 0 Å². The van der Waals surface area contributed by atoms with Crippen molar-refractivity contribution in [2.45, 2.75) is 26.4 Å². The van der Waals surface area contributed by atoms with E-state index in [1.54, 1.807) is 7.11 Å². The average Bonchev–Trinajstić information content (AvgIpc) is 2.36. The molecule has 0 aliphatic carbocycles. The third-order valence-electron chi connectivity index (χ3n) is 3.15. The molecule has 96 valence electrons. The summed E-state index contributed by atoms with van der Waals surface area (Å²) in [5, 5.41) is 12.4. The van der Waals surface area contributed by atoms with Gasteiger partial charge >= 0.3 is 0 Å². The summed E-state index contributed by atoms with van der Waals surface area (Å²) in [6.07, 6.45) is 0.415. The fourth-order valence-electron chi connectivity index (χ4n) is 2.16. The predicted octanol–water partition coefficient (Wildman–Crippen LogP) is 3.93. The zero-order chi connectivity index (χ0) is 13.1. The normalized spacial score (nSPS) is 12.9. The Hall–Kier alpha value is -1.54. The molecule has 0 aliphatic rings. The predicted molar refractivity (Wildman–Crippen MR) is 74.9 cm³/mol. The molecule has 2 heteroatoms. The molecule has 1 atom stereocenters. The fraction of sp³-hybridized carbons (Fsp3) is 0.375. The Morgan fingerprint density at radius 3 is 2.39 bits per heavy atom. The van der Waals surface area contributed by atoms with Crippen LogP contribution in [0.5, 0.6) is 5.75 Å². The Morgan fingerprint density at radius 2 is 1.72 bits per heavy atom. The van der Waals surface area contributed by atoms with Crippen molar-refractivity contribution in [3.8, 4) is 5.75 Å². The van der Waals surface area contributed by atoms with Gasteiger partial charge in [0.15, 0.2) is 0 Å². The van der Waals surface area contributed by atoms with Crippen LogP contribution >= 0.6 is 0 Å². The summed E-state index contributed by atoms with van der Waals surface area (Å²) in [5.41, 5.74) is 0.987. The van der Waals surface area contributed by atoms with Crippen molar-refractivity contribution < 1.29 is 9.84 Å². The number of aliphatic hydroxyl groups excluding tert-OH is 1. The second-order valence-corrected chi connectivity index (χ2v) is 5.12. The van der Waals surface area contributed by atoms with Crippen LogP contribution in [0.1, 0.15) is 31.9 Å². The maximum absolute atomic E-state index is 10.1. The highest BCUT2D eigenvalue weighted by atomic mass is 16.5. The van der Waals surface area contributed by atoms with Crippen LogP contribution in [-0.2, 0) is 0 Å². The van der Waals surface area contributed by atoms with Gasteiger partial charge in [0.05, 0.1) is 13.2 Å². The van der Waals surface area contributed by atoms with Crippen LogP contribution in [0.3, 0.4) is 0 Å². The number of aliphatic hydroxyl groups is 1. The summed E-state index contributed by atoms with van der Waals surface area (Å²) in [4.78, 5) is 0. The van der Waals surface area contributed by atoms with Crippen LogP contribution in [0, 0.1) is 5.92 Å². The third-order valence-corrected chi connectivity index (χ3v) is 3.15. The lowest BCUT2D eigenvalue weighted by Gasteiger charge is -2.14. The van der Waals surface area contributed by atoms with E-state index in [-0.39, 0.29) is 6.10 Å². The molecule has 0 bridgehead atoms. The number of ether oxygens (including phenoxy) is 1. The van der Waals surface area contributed by atoms with E-state index in [0.29, 0.717) is 5.92 Å². The Morgan fingerprint density at radius 1 is 1.06 bits per heavy atom. The van der Waals surface area contributed by atoms with Gasteiger partial charge in [-0.25, -0.2) is 0 Å². The number of hydrogen-bond donors (Lipinski definition) is 1. The second kappa shape index (κ2) is 5.40.